The van der Waals surface area contributed by atoms with E-state index in [-0.39, 0.29) is 5.92 Å². The first-order valence-electron chi connectivity index (χ1n) is 20.8. The van der Waals surface area contributed by atoms with E-state index in [0.29, 0.717) is 11.8 Å². The predicted molar refractivity (Wildman–Crippen MR) is 198 cm³/mol. The summed E-state index contributed by atoms with van der Waals surface area (Å²) in [5.74, 6) is 0.205. The van der Waals surface area contributed by atoms with E-state index in [9.17, 15) is 9.90 Å². The normalized spacial score (nSPS) is 13.7. The maximum absolute atomic E-state index is 12.2. The highest BCUT2D eigenvalue weighted by atomic mass is 16.4. The van der Waals surface area contributed by atoms with Crippen LogP contribution in [0, 0.1) is 17.8 Å². The van der Waals surface area contributed by atoms with Crippen LogP contribution < -0.4 is 0 Å². The van der Waals surface area contributed by atoms with Crippen LogP contribution in [0.4, 0.5) is 0 Å². The van der Waals surface area contributed by atoms with Crippen LogP contribution in [-0.4, -0.2) is 11.1 Å². The molecular formula is C42H84O2. The zero-order chi connectivity index (χ0) is 32.4. The Morgan fingerprint density at radius 3 is 0.886 bits per heavy atom. The largest absolute Gasteiger partial charge is 0.481 e. The molecule has 1 N–H and O–H groups in total. The van der Waals surface area contributed by atoms with Crippen molar-refractivity contribution in [2.75, 3.05) is 0 Å². The molecule has 0 bridgehead atoms. The Balaban J connectivity index is 4.12. The fourth-order valence-corrected chi connectivity index (χ4v) is 7.41. The number of carboxylic acids is 1. The van der Waals surface area contributed by atoms with Crippen molar-refractivity contribution >= 4 is 5.97 Å². The Morgan fingerprint density at radius 2 is 0.636 bits per heavy atom. The predicted octanol–water partition coefficient (Wildman–Crippen LogP) is 15.3. The minimum absolute atomic E-state index is 0.150. The number of unbranched alkanes of at least 4 members (excludes halogenated alkanes) is 28. The quantitative estimate of drug-likeness (QED) is 0.0701. The molecule has 0 heterocycles. The molecule has 0 aromatic carbocycles. The molecule has 0 aromatic rings. The fourth-order valence-electron chi connectivity index (χ4n) is 7.41. The van der Waals surface area contributed by atoms with E-state index in [1.807, 2.05) is 0 Å². The van der Waals surface area contributed by atoms with Gasteiger partial charge in [0.05, 0.1) is 5.92 Å². The van der Waals surface area contributed by atoms with Gasteiger partial charge >= 0.3 is 5.97 Å². The van der Waals surface area contributed by atoms with Crippen molar-refractivity contribution in [3.63, 3.8) is 0 Å². The van der Waals surface area contributed by atoms with Crippen LogP contribution >= 0.6 is 0 Å². The van der Waals surface area contributed by atoms with Gasteiger partial charge in [-0.15, -0.1) is 0 Å². The van der Waals surface area contributed by atoms with Crippen molar-refractivity contribution in [3.05, 3.63) is 0 Å². The molecule has 0 amide bonds. The standard InChI is InChI=1S/C42H84O2/c1-5-8-11-13-15-17-19-21-23-25-27-29-31-33-35-37-40(39(4)41(42(43)44)38-10-7-3)36-34-32-30-28-26-24-22-20-18-16-14-12-9-6-2/h39-41H,5-38H2,1-4H3,(H,43,44). The van der Waals surface area contributed by atoms with Gasteiger partial charge in [0.25, 0.3) is 0 Å². The highest BCUT2D eigenvalue weighted by Gasteiger charge is 2.29. The molecule has 0 spiro atoms. The molecular weight excluding hydrogens is 536 g/mol. The van der Waals surface area contributed by atoms with Crippen molar-refractivity contribution in [2.24, 2.45) is 17.8 Å². The van der Waals surface area contributed by atoms with Crippen LogP contribution in [0.3, 0.4) is 0 Å². The van der Waals surface area contributed by atoms with Gasteiger partial charge in [0.1, 0.15) is 0 Å². The van der Waals surface area contributed by atoms with Gasteiger partial charge in [-0.3, -0.25) is 4.79 Å². The van der Waals surface area contributed by atoms with Gasteiger partial charge in [-0.1, -0.05) is 240 Å². The Hall–Kier alpha value is -0.530. The average Bonchev–Trinajstić information content (AvgIpc) is 3.01. The summed E-state index contributed by atoms with van der Waals surface area (Å²) in [5, 5.41) is 10.0. The van der Waals surface area contributed by atoms with Crippen LogP contribution in [0.15, 0.2) is 0 Å². The van der Waals surface area contributed by atoms with Crippen LogP contribution in [-0.2, 0) is 4.79 Å². The highest BCUT2D eigenvalue weighted by molar-refractivity contribution is 5.70. The van der Waals surface area contributed by atoms with E-state index < -0.39 is 5.97 Å². The lowest BCUT2D eigenvalue weighted by Gasteiger charge is -2.29. The van der Waals surface area contributed by atoms with Gasteiger partial charge in [-0.2, -0.15) is 0 Å². The fraction of sp³-hybridized carbons (Fsp3) is 0.976. The Labute approximate surface area is 279 Å². The zero-order valence-electron chi connectivity index (χ0n) is 31.1. The second-order valence-electron chi connectivity index (χ2n) is 14.8. The van der Waals surface area contributed by atoms with Crippen molar-refractivity contribution < 1.29 is 9.90 Å². The minimum atomic E-state index is -0.548. The van der Waals surface area contributed by atoms with E-state index in [1.165, 1.54) is 199 Å². The van der Waals surface area contributed by atoms with E-state index in [0.717, 1.165) is 19.3 Å². The number of rotatable bonds is 37. The Kier molecular flexibility index (Phi) is 34.9. The van der Waals surface area contributed by atoms with Crippen molar-refractivity contribution in [1.82, 2.24) is 0 Å². The molecule has 0 aliphatic heterocycles. The zero-order valence-corrected chi connectivity index (χ0v) is 31.1. The van der Waals surface area contributed by atoms with Crippen molar-refractivity contribution in [3.8, 4) is 0 Å². The van der Waals surface area contributed by atoms with E-state index in [2.05, 4.69) is 27.7 Å². The first-order chi connectivity index (χ1) is 21.6. The SMILES string of the molecule is CCCCCCCCCCCCCCCCCC(CCCCCCCCCCCCCCCC)C(C)C(CCCC)C(=O)O. The lowest BCUT2D eigenvalue weighted by Crippen LogP contribution is -2.28. The van der Waals surface area contributed by atoms with Gasteiger partial charge < -0.3 is 5.11 Å². The van der Waals surface area contributed by atoms with Crippen LogP contribution in [0.25, 0.3) is 0 Å². The van der Waals surface area contributed by atoms with E-state index in [4.69, 9.17) is 0 Å². The third-order valence-electron chi connectivity index (χ3n) is 10.7. The van der Waals surface area contributed by atoms with Crippen LogP contribution in [0.5, 0.6) is 0 Å². The van der Waals surface area contributed by atoms with Gasteiger partial charge in [-0.05, 0) is 18.3 Å². The first-order valence-corrected chi connectivity index (χ1v) is 20.8. The van der Waals surface area contributed by atoms with Gasteiger partial charge in [-0.25, -0.2) is 0 Å². The smallest absolute Gasteiger partial charge is 0.306 e. The molecule has 0 saturated carbocycles. The molecule has 3 unspecified atom stereocenters. The minimum Gasteiger partial charge on any atom is -0.481 e. The number of hydrogen-bond acceptors (Lipinski definition) is 1. The molecule has 3 atom stereocenters. The number of carboxylic acid groups (broad SMARTS) is 1. The molecule has 0 aromatic heterocycles. The molecule has 0 fully saturated rings. The molecule has 2 heteroatoms. The topological polar surface area (TPSA) is 37.3 Å². The van der Waals surface area contributed by atoms with Gasteiger partial charge in [0.15, 0.2) is 0 Å². The highest BCUT2D eigenvalue weighted by Crippen LogP contribution is 2.33. The monoisotopic (exact) mass is 621 g/mol. The molecule has 44 heavy (non-hydrogen) atoms. The number of carbonyl (C=O) groups is 1. The summed E-state index contributed by atoms with van der Waals surface area (Å²) in [5.41, 5.74) is 0. The summed E-state index contributed by atoms with van der Waals surface area (Å²) < 4.78 is 0. The summed E-state index contributed by atoms with van der Waals surface area (Å²) in [7, 11) is 0. The van der Waals surface area contributed by atoms with Gasteiger partial charge in [0, 0.05) is 0 Å². The summed E-state index contributed by atoms with van der Waals surface area (Å²) in [6.45, 7) is 9.05. The second kappa shape index (κ2) is 35.3. The van der Waals surface area contributed by atoms with E-state index >= 15 is 0 Å². The molecule has 0 aliphatic rings. The third-order valence-corrected chi connectivity index (χ3v) is 10.7. The molecule has 0 rings (SSSR count). The maximum Gasteiger partial charge on any atom is 0.306 e. The lowest BCUT2D eigenvalue weighted by molar-refractivity contribution is -0.144. The summed E-state index contributed by atoms with van der Waals surface area (Å²) in [4.78, 5) is 12.2. The number of aliphatic carboxylic acids is 1. The Morgan fingerprint density at radius 1 is 0.386 bits per heavy atom. The van der Waals surface area contributed by atoms with Crippen molar-refractivity contribution in [1.29, 1.82) is 0 Å². The molecule has 0 radical (unpaired) electrons. The summed E-state index contributed by atoms with van der Waals surface area (Å²) in [6, 6.07) is 0. The van der Waals surface area contributed by atoms with Crippen LogP contribution in [0.2, 0.25) is 0 Å². The lowest BCUT2D eigenvalue weighted by atomic mass is 9.75. The van der Waals surface area contributed by atoms with Crippen LogP contribution in [0.1, 0.15) is 246 Å². The summed E-state index contributed by atoms with van der Waals surface area (Å²) in [6.07, 6.45) is 46.2. The molecule has 0 saturated heterocycles. The number of hydrogen-bond donors (Lipinski definition) is 1. The average molecular weight is 621 g/mol. The first kappa shape index (κ1) is 43.5. The molecule has 264 valence electrons. The maximum atomic E-state index is 12.2. The summed E-state index contributed by atoms with van der Waals surface area (Å²) >= 11 is 0. The second-order valence-corrected chi connectivity index (χ2v) is 14.8. The molecule has 2 nitrogen and oxygen atoms in total. The molecule has 0 aliphatic carbocycles. The van der Waals surface area contributed by atoms with Gasteiger partial charge in [0.2, 0.25) is 0 Å². The Bertz CT molecular complexity index is 558. The van der Waals surface area contributed by atoms with E-state index in [1.54, 1.807) is 0 Å². The third kappa shape index (κ3) is 28.9. The van der Waals surface area contributed by atoms with Crippen molar-refractivity contribution in [2.45, 2.75) is 246 Å².